The van der Waals surface area contributed by atoms with Crippen LogP contribution in [0.15, 0.2) is 88.4 Å². The quantitative estimate of drug-likeness (QED) is 0.226. The highest BCUT2D eigenvalue weighted by atomic mass is 32.2. The summed E-state index contributed by atoms with van der Waals surface area (Å²) >= 11 is 1.48. The highest BCUT2D eigenvalue weighted by Gasteiger charge is 2.23. The fourth-order valence-corrected chi connectivity index (χ4v) is 4.71. The summed E-state index contributed by atoms with van der Waals surface area (Å²) in [6.45, 7) is 3.97. The second-order valence-corrected chi connectivity index (χ2v) is 9.28. The van der Waals surface area contributed by atoms with Gasteiger partial charge < -0.3 is 13.9 Å². The van der Waals surface area contributed by atoms with Crippen molar-refractivity contribution >= 4 is 11.8 Å². The van der Waals surface area contributed by atoms with Crippen LogP contribution in [0, 0.1) is 6.92 Å². The van der Waals surface area contributed by atoms with E-state index in [9.17, 15) is 0 Å². The number of aromatic nitrogens is 5. The minimum absolute atomic E-state index is 0.128. The van der Waals surface area contributed by atoms with Gasteiger partial charge in [-0.05, 0) is 30.7 Å². The molecule has 0 bridgehead atoms. The zero-order valence-electron chi connectivity index (χ0n) is 20.2. The Morgan fingerprint density at radius 2 is 1.58 bits per heavy atom. The zero-order chi connectivity index (χ0) is 24.9. The molecule has 0 saturated carbocycles. The van der Waals surface area contributed by atoms with Gasteiger partial charge in [0.2, 0.25) is 11.8 Å². The molecule has 36 heavy (non-hydrogen) atoms. The Balaban J connectivity index is 1.48. The van der Waals surface area contributed by atoms with Crippen LogP contribution in [0.3, 0.4) is 0 Å². The largest absolute Gasteiger partial charge is 0.495 e. The molecule has 0 radical (unpaired) electrons. The molecule has 2 aromatic heterocycles. The van der Waals surface area contributed by atoms with Crippen molar-refractivity contribution in [1.29, 1.82) is 0 Å². The summed E-state index contributed by atoms with van der Waals surface area (Å²) in [4.78, 5) is 0. The van der Waals surface area contributed by atoms with Gasteiger partial charge in [-0.2, -0.15) is 0 Å². The third-order valence-electron chi connectivity index (χ3n) is 5.53. The fraction of sp³-hybridized carbons (Fsp3) is 0.185. The van der Waals surface area contributed by atoms with Gasteiger partial charge in [-0.15, -0.1) is 20.4 Å². The van der Waals surface area contributed by atoms with Crippen molar-refractivity contribution in [2.24, 2.45) is 0 Å². The number of para-hydroxylation sites is 3. The SMILES string of the molecule is COc1ccccc1-n1c(COc2ccccc2-c2ccccc2)nnc1S[C@@H](C)c1nnc(C)o1. The predicted molar refractivity (Wildman–Crippen MR) is 137 cm³/mol. The van der Waals surface area contributed by atoms with Crippen LogP contribution in [-0.2, 0) is 6.61 Å². The molecule has 0 fully saturated rings. The molecule has 0 unspecified atom stereocenters. The molecule has 3 aromatic carbocycles. The van der Waals surface area contributed by atoms with Crippen LogP contribution in [0.25, 0.3) is 16.8 Å². The number of hydrogen-bond acceptors (Lipinski definition) is 8. The van der Waals surface area contributed by atoms with E-state index in [0.29, 0.717) is 28.5 Å². The molecular formula is C27H25N5O3S. The van der Waals surface area contributed by atoms with E-state index in [1.54, 1.807) is 14.0 Å². The first-order valence-electron chi connectivity index (χ1n) is 11.5. The van der Waals surface area contributed by atoms with Crippen molar-refractivity contribution in [1.82, 2.24) is 25.0 Å². The molecule has 1 atom stereocenters. The van der Waals surface area contributed by atoms with Crippen LogP contribution in [0.2, 0.25) is 0 Å². The summed E-state index contributed by atoms with van der Waals surface area (Å²) in [5.74, 6) is 3.16. The van der Waals surface area contributed by atoms with Gasteiger partial charge in [0, 0.05) is 12.5 Å². The number of hydrogen-bond donors (Lipinski definition) is 0. The molecule has 0 aliphatic rings. The maximum absolute atomic E-state index is 6.31. The Hall–Kier alpha value is -4.11. The topological polar surface area (TPSA) is 88.1 Å². The molecule has 5 rings (SSSR count). The standard InChI is InChI=1S/C27H25N5O3S/c1-18(26-30-28-19(2)35-26)36-27-31-29-25(32(27)22-14-8-10-16-24(22)33-3)17-34-23-15-9-7-13-21(23)20-11-5-4-6-12-20/h4-16,18H,17H2,1-3H3/t18-/m0/s1. The Morgan fingerprint density at radius 3 is 2.33 bits per heavy atom. The van der Waals surface area contributed by atoms with Crippen molar-refractivity contribution in [2.75, 3.05) is 7.11 Å². The molecule has 0 N–H and O–H groups in total. The van der Waals surface area contributed by atoms with Crippen molar-refractivity contribution in [3.8, 4) is 28.3 Å². The Kier molecular flexibility index (Phi) is 6.99. The monoisotopic (exact) mass is 499 g/mol. The molecule has 0 saturated heterocycles. The summed E-state index contributed by atoms with van der Waals surface area (Å²) in [5, 5.41) is 17.6. The lowest BCUT2D eigenvalue weighted by molar-refractivity contribution is 0.293. The van der Waals surface area contributed by atoms with Gasteiger partial charge in [-0.3, -0.25) is 4.57 Å². The number of methoxy groups -OCH3 is 1. The van der Waals surface area contributed by atoms with Gasteiger partial charge in [0.1, 0.15) is 18.1 Å². The molecule has 182 valence electrons. The first kappa shape index (κ1) is 23.6. The van der Waals surface area contributed by atoms with E-state index in [-0.39, 0.29) is 11.9 Å². The number of thioether (sulfide) groups is 1. The molecule has 5 aromatic rings. The molecule has 0 aliphatic carbocycles. The lowest BCUT2D eigenvalue weighted by atomic mass is 10.1. The normalized spacial score (nSPS) is 11.9. The first-order valence-corrected chi connectivity index (χ1v) is 12.3. The van der Waals surface area contributed by atoms with Crippen molar-refractivity contribution < 1.29 is 13.9 Å². The summed E-state index contributed by atoms with van der Waals surface area (Å²) in [5.41, 5.74) is 2.91. The average Bonchev–Trinajstić information content (AvgIpc) is 3.54. The van der Waals surface area contributed by atoms with Gasteiger partial charge in [-0.1, -0.05) is 72.4 Å². The summed E-state index contributed by atoms with van der Waals surface area (Å²) < 4.78 is 19.5. The summed E-state index contributed by atoms with van der Waals surface area (Å²) in [7, 11) is 1.64. The van der Waals surface area contributed by atoms with Crippen LogP contribution in [0.4, 0.5) is 0 Å². The number of nitrogens with zero attached hydrogens (tertiary/aromatic N) is 5. The van der Waals surface area contributed by atoms with Crippen LogP contribution in [-0.4, -0.2) is 32.1 Å². The molecule has 0 spiro atoms. The molecule has 8 nitrogen and oxygen atoms in total. The Labute approximate surface area is 213 Å². The van der Waals surface area contributed by atoms with Crippen molar-refractivity contribution in [2.45, 2.75) is 30.9 Å². The maximum Gasteiger partial charge on any atom is 0.229 e. The average molecular weight is 500 g/mol. The number of ether oxygens (including phenoxy) is 2. The number of aryl methyl sites for hydroxylation is 1. The van der Waals surface area contributed by atoms with E-state index < -0.39 is 0 Å². The van der Waals surface area contributed by atoms with E-state index in [1.807, 2.05) is 78.2 Å². The smallest absolute Gasteiger partial charge is 0.229 e. The zero-order valence-corrected chi connectivity index (χ0v) is 21.0. The molecule has 0 amide bonds. The lowest BCUT2D eigenvalue weighted by Crippen LogP contribution is -2.08. The molecular weight excluding hydrogens is 474 g/mol. The summed E-state index contributed by atoms with van der Waals surface area (Å²) in [6.07, 6.45) is 0. The van der Waals surface area contributed by atoms with Crippen LogP contribution < -0.4 is 9.47 Å². The van der Waals surface area contributed by atoms with Gasteiger partial charge >= 0.3 is 0 Å². The van der Waals surface area contributed by atoms with E-state index in [0.717, 1.165) is 22.6 Å². The molecule has 0 aliphatic heterocycles. The predicted octanol–water partition coefficient (Wildman–Crippen LogP) is 6.07. The lowest BCUT2D eigenvalue weighted by Gasteiger charge is -2.16. The van der Waals surface area contributed by atoms with Gasteiger partial charge in [0.05, 0.1) is 18.0 Å². The minimum Gasteiger partial charge on any atom is -0.495 e. The van der Waals surface area contributed by atoms with E-state index in [2.05, 4.69) is 32.5 Å². The first-order chi connectivity index (χ1) is 17.6. The summed E-state index contributed by atoms with van der Waals surface area (Å²) in [6, 6.07) is 25.9. The minimum atomic E-state index is -0.128. The van der Waals surface area contributed by atoms with Gasteiger partial charge in [-0.25, -0.2) is 0 Å². The van der Waals surface area contributed by atoms with Gasteiger partial charge in [0.25, 0.3) is 0 Å². The second-order valence-electron chi connectivity index (χ2n) is 7.98. The Morgan fingerprint density at radius 1 is 0.861 bits per heavy atom. The second kappa shape index (κ2) is 10.7. The molecule has 2 heterocycles. The third-order valence-corrected chi connectivity index (χ3v) is 6.56. The molecule has 9 heteroatoms. The third kappa shape index (κ3) is 4.96. The van der Waals surface area contributed by atoms with Crippen molar-refractivity contribution in [3.63, 3.8) is 0 Å². The van der Waals surface area contributed by atoms with E-state index in [4.69, 9.17) is 13.9 Å². The fourth-order valence-electron chi connectivity index (χ4n) is 3.80. The number of benzene rings is 3. The van der Waals surface area contributed by atoms with Crippen molar-refractivity contribution in [3.05, 3.63) is 96.5 Å². The highest BCUT2D eigenvalue weighted by molar-refractivity contribution is 7.99. The highest BCUT2D eigenvalue weighted by Crippen LogP contribution is 2.37. The maximum atomic E-state index is 6.31. The van der Waals surface area contributed by atoms with E-state index in [1.165, 1.54) is 11.8 Å². The van der Waals surface area contributed by atoms with Crippen LogP contribution in [0.1, 0.15) is 29.8 Å². The Bertz CT molecular complexity index is 1450. The van der Waals surface area contributed by atoms with E-state index >= 15 is 0 Å². The van der Waals surface area contributed by atoms with Crippen LogP contribution in [0.5, 0.6) is 11.5 Å². The van der Waals surface area contributed by atoms with Crippen LogP contribution >= 0.6 is 11.8 Å². The van der Waals surface area contributed by atoms with Gasteiger partial charge in [0.15, 0.2) is 11.0 Å². The number of rotatable bonds is 9.